The van der Waals surface area contributed by atoms with Gasteiger partial charge in [0, 0.05) is 42.8 Å². The van der Waals surface area contributed by atoms with Crippen molar-refractivity contribution in [3.63, 3.8) is 0 Å². The van der Waals surface area contributed by atoms with E-state index in [2.05, 4.69) is 20.4 Å². The number of hydrogen-bond acceptors (Lipinski definition) is 5. The second-order valence-electron chi connectivity index (χ2n) is 7.68. The molecule has 3 aromatic heterocycles. The second kappa shape index (κ2) is 6.13. The van der Waals surface area contributed by atoms with E-state index in [1.165, 1.54) is 0 Å². The molecule has 2 saturated heterocycles. The van der Waals surface area contributed by atoms with Gasteiger partial charge in [-0.3, -0.25) is 4.79 Å². The molecule has 2 aliphatic rings. The van der Waals surface area contributed by atoms with Gasteiger partial charge in [0.2, 0.25) is 0 Å². The molecule has 2 fully saturated rings. The number of fused-ring (bicyclic) bond motifs is 1. The molecule has 0 aromatic carbocycles. The highest BCUT2D eigenvalue weighted by atomic mass is 16.2. The number of carbonyl (C=O) groups is 1. The number of hydrogen-bond donors (Lipinski definition) is 1. The number of amides is 1. The third kappa shape index (κ3) is 2.70. The summed E-state index contributed by atoms with van der Waals surface area (Å²) in [6.07, 6.45) is 5.64. The van der Waals surface area contributed by atoms with Crippen LogP contribution in [0.1, 0.15) is 28.9 Å². The summed E-state index contributed by atoms with van der Waals surface area (Å²) >= 11 is 0. The highest BCUT2D eigenvalue weighted by molar-refractivity contribution is 5.97. The molecule has 0 aliphatic carbocycles. The largest absolute Gasteiger partial charge is 0.338 e. The Kier molecular flexibility index (Phi) is 3.72. The van der Waals surface area contributed by atoms with Crippen LogP contribution in [0.3, 0.4) is 0 Å². The van der Waals surface area contributed by atoms with E-state index in [0.717, 1.165) is 61.6 Å². The molecule has 1 unspecified atom stereocenters. The Balaban J connectivity index is 1.47. The second-order valence-corrected chi connectivity index (χ2v) is 7.68. The maximum absolute atomic E-state index is 13.0. The van der Waals surface area contributed by atoms with Crippen LogP contribution >= 0.6 is 0 Å². The first-order valence-corrected chi connectivity index (χ1v) is 9.42. The van der Waals surface area contributed by atoms with Crippen molar-refractivity contribution in [2.24, 2.45) is 5.41 Å². The minimum absolute atomic E-state index is 0.0677. The Morgan fingerprint density at radius 3 is 2.96 bits per heavy atom. The van der Waals surface area contributed by atoms with Gasteiger partial charge in [0.05, 0.1) is 11.3 Å². The van der Waals surface area contributed by atoms with Gasteiger partial charge in [0.25, 0.3) is 5.91 Å². The van der Waals surface area contributed by atoms with Gasteiger partial charge in [-0.05, 0) is 44.5 Å². The van der Waals surface area contributed by atoms with Crippen LogP contribution < -0.4 is 5.32 Å². The van der Waals surface area contributed by atoms with E-state index >= 15 is 0 Å². The summed E-state index contributed by atoms with van der Waals surface area (Å²) < 4.78 is 1.73. The molecule has 138 valence electrons. The van der Waals surface area contributed by atoms with Crippen LogP contribution in [0.15, 0.2) is 36.7 Å². The summed E-state index contributed by atoms with van der Waals surface area (Å²) in [7, 11) is 0. The topological polar surface area (TPSA) is 75.9 Å². The molecular weight excluding hydrogens is 340 g/mol. The van der Waals surface area contributed by atoms with Crippen LogP contribution in [0, 0.1) is 12.3 Å². The third-order valence-electron chi connectivity index (χ3n) is 5.88. The maximum Gasteiger partial charge on any atom is 0.255 e. The maximum atomic E-state index is 13.0. The number of carbonyl (C=O) groups excluding carboxylic acids is 1. The molecule has 1 amide bonds. The summed E-state index contributed by atoms with van der Waals surface area (Å²) in [6.45, 7) is 5.67. The van der Waals surface area contributed by atoms with Crippen LogP contribution in [0.4, 0.5) is 0 Å². The van der Waals surface area contributed by atoms with Gasteiger partial charge in [0.15, 0.2) is 11.5 Å². The zero-order chi connectivity index (χ0) is 18.4. The first-order chi connectivity index (χ1) is 13.2. The van der Waals surface area contributed by atoms with E-state index in [1.807, 2.05) is 36.1 Å². The molecular formula is C20H22N6O. The summed E-state index contributed by atoms with van der Waals surface area (Å²) in [6, 6.07) is 7.61. The Labute approximate surface area is 157 Å². The Morgan fingerprint density at radius 2 is 2.19 bits per heavy atom. The first-order valence-electron chi connectivity index (χ1n) is 9.42. The number of aryl methyl sites for hydroxylation is 1. The average Bonchev–Trinajstić information content (AvgIpc) is 3.42. The smallest absolute Gasteiger partial charge is 0.255 e. The van der Waals surface area contributed by atoms with Gasteiger partial charge in [-0.25, -0.2) is 9.97 Å². The molecule has 7 heteroatoms. The van der Waals surface area contributed by atoms with Crippen molar-refractivity contribution in [2.45, 2.75) is 19.8 Å². The minimum Gasteiger partial charge on any atom is -0.338 e. The van der Waals surface area contributed by atoms with E-state index in [4.69, 9.17) is 0 Å². The zero-order valence-electron chi connectivity index (χ0n) is 15.4. The van der Waals surface area contributed by atoms with E-state index < -0.39 is 0 Å². The van der Waals surface area contributed by atoms with Crippen LogP contribution in [-0.4, -0.2) is 56.7 Å². The lowest BCUT2D eigenvalue weighted by Gasteiger charge is -2.22. The predicted molar refractivity (Wildman–Crippen MR) is 102 cm³/mol. The van der Waals surface area contributed by atoms with Gasteiger partial charge in [0.1, 0.15) is 0 Å². The molecule has 3 aromatic rings. The summed E-state index contributed by atoms with van der Waals surface area (Å²) in [4.78, 5) is 23.9. The van der Waals surface area contributed by atoms with Gasteiger partial charge >= 0.3 is 0 Å². The quantitative estimate of drug-likeness (QED) is 0.754. The fourth-order valence-corrected chi connectivity index (χ4v) is 4.33. The molecule has 0 bridgehead atoms. The molecule has 7 nitrogen and oxygen atoms in total. The molecule has 0 radical (unpaired) electrons. The Hall–Kier alpha value is -2.80. The van der Waals surface area contributed by atoms with Crippen LogP contribution in [-0.2, 0) is 0 Å². The number of aromatic nitrogens is 4. The molecule has 1 N–H and O–H groups in total. The molecule has 5 heterocycles. The molecule has 1 spiro atoms. The number of likely N-dealkylation sites (tertiary alicyclic amines) is 1. The minimum atomic E-state index is 0.0677. The number of nitrogens with zero attached hydrogens (tertiary/aromatic N) is 5. The van der Waals surface area contributed by atoms with Crippen molar-refractivity contribution in [3.05, 3.63) is 47.9 Å². The Bertz CT molecular complexity index is 1010. The molecule has 27 heavy (non-hydrogen) atoms. The monoisotopic (exact) mass is 362 g/mol. The van der Waals surface area contributed by atoms with Crippen molar-refractivity contribution in [3.8, 4) is 5.82 Å². The van der Waals surface area contributed by atoms with Crippen molar-refractivity contribution < 1.29 is 4.79 Å². The Morgan fingerprint density at radius 1 is 1.26 bits per heavy atom. The van der Waals surface area contributed by atoms with Crippen LogP contribution in [0.2, 0.25) is 0 Å². The lowest BCUT2D eigenvalue weighted by atomic mass is 9.86. The normalized spacial score (nSPS) is 22.2. The summed E-state index contributed by atoms with van der Waals surface area (Å²) in [5.41, 5.74) is 2.47. The van der Waals surface area contributed by atoms with Crippen molar-refractivity contribution in [2.75, 3.05) is 26.2 Å². The molecule has 0 saturated carbocycles. The van der Waals surface area contributed by atoms with Crippen molar-refractivity contribution >= 4 is 16.9 Å². The van der Waals surface area contributed by atoms with Gasteiger partial charge in [-0.2, -0.15) is 9.78 Å². The average molecular weight is 362 g/mol. The number of nitrogens with one attached hydrogen (secondary N) is 1. The highest BCUT2D eigenvalue weighted by Crippen LogP contribution is 2.36. The fourth-order valence-electron chi connectivity index (χ4n) is 4.33. The summed E-state index contributed by atoms with van der Waals surface area (Å²) in [5.74, 6) is 0.788. The van der Waals surface area contributed by atoms with E-state index in [0.29, 0.717) is 5.56 Å². The lowest BCUT2D eigenvalue weighted by Crippen LogP contribution is -2.33. The van der Waals surface area contributed by atoms with Crippen LogP contribution in [0.25, 0.3) is 16.9 Å². The van der Waals surface area contributed by atoms with E-state index in [1.54, 1.807) is 17.1 Å². The third-order valence-corrected chi connectivity index (χ3v) is 5.88. The van der Waals surface area contributed by atoms with Crippen molar-refractivity contribution in [1.82, 2.24) is 30.0 Å². The standard InChI is InChI=1S/C20H22N6O/c1-14-16-10-15(19(27)25-9-6-20(13-25)5-8-21-12-20)11-23-18(16)26(24-14)17-4-2-3-7-22-17/h2-4,7,10-11,21H,5-6,8-9,12-13H2,1H3. The lowest BCUT2D eigenvalue weighted by molar-refractivity contribution is 0.0775. The van der Waals surface area contributed by atoms with E-state index in [-0.39, 0.29) is 11.3 Å². The highest BCUT2D eigenvalue weighted by Gasteiger charge is 2.42. The van der Waals surface area contributed by atoms with Gasteiger partial charge in [-0.1, -0.05) is 6.07 Å². The van der Waals surface area contributed by atoms with Crippen molar-refractivity contribution in [1.29, 1.82) is 0 Å². The molecule has 1 atom stereocenters. The zero-order valence-corrected chi connectivity index (χ0v) is 15.4. The van der Waals surface area contributed by atoms with Gasteiger partial charge in [-0.15, -0.1) is 0 Å². The first kappa shape index (κ1) is 16.4. The fraction of sp³-hybridized carbons (Fsp3) is 0.400. The SMILES string of the molecule is Cc1nn(-c2ccccn2)c2ncc(C(=O)N3CCC4(CCNC4)C3)cc12. The van der Waals surface area contributed by atoms with Gasteiger partial charge < -0.3 is 10.2 Å². The van der Waals surface area contributed by atoms with E-state index in [9.17, 15) is 4.79 Å². The predicted octanol–water partition coefficient (Wildman–Crippen LogP) is 1.95. The van der Waals surface area contributed by atoms with Crippen LogP contribution in [0.5, 0.6) is 0 Å². The molecule has 5 rings (SSSR count). The number of rotatable bonds is 2. The molecule has 2 aliphatic heterocycles. The number of pyridine rings is 2. The summed E-state index contributed by atoms with van der Waals surface area (Å²) in [5, 5.41) is 8.90.